The summed E-state index contributed by atoms with van der Waals surface area (Å²) in [6.45, 7) is 3.35. The number of nitrogens with one attached hydrogen (secondary N) is 1. The first kappa shape index (κ1) is 27.7. The van der Waals surface area contributed by atoms with Gasteiger partial charge >= 0.3 is 0 Å². The highest BCUT2D eigenvalue weighted by atomic mass is 32.2. The van der Waals surface area contributed by atoms with E-state index in [0.29, 0.717) is 43.2 Å². The van der Waals surface area contributed by atoms with Crippen LogP contribution in [0.1, 0.15) is 68.7 Å². The average Bonchev–Trinajstić information content (AvgIpc) is 3.51. The van der Waals surface area contributed by atoms with Crippen molar-refractivity contribution in [3.05, 3.63) is 40.9 Å². The van der Waals surface area contributed by atoms with Crippen molar-refractivity contribution in [1.82, 2.24) is 9.88 Å². The summed E-state index contributed by atoms with van der Waals surface area (Å²) in [6.07, 6.45) is 8.60. The second kappa shape index (κ2) is 12.1. The van der Waals surface area contributed by atoms with Crippen LogP contribution in [0.15, 0.2) is 40.5 Å². The third-order valence-electron chi connectivity index (χ3n) is 7.35. The molecular weight excluding hydrogens is 540 g/mol. The molecule has 0 bridgehead atoms. The Morgan fingerprint density at radius 3 is 2.38 bits per heavy atom. The van der Waals surface area contributed by atoms with Crippen molar-refractivity contribution in [3.8, 4) is 0 Å². The molecule has 0 spiro atoms. The third kappa shape index (κ3) is 7.03. The van der Waals surface area contributed by atoms with E-state index < -0.39 is 15.7 Å². The lowest BCUT2D eigenvalue weighted by Gasteiger charge is -2.31. The number of carbonyl (C=O) groups excluding carboxylic acids is 2. The fourth-order valence-electron chi connectivity index (χ4n) is 4.85. The van der Waals surface area contributed by atoms with Crippen LogP contribution in [-0.4, -0.2) is 66.4 Å². The van der Waals surface area contributed by atoms with E-state index >= 15 is 0 Å². The van der Waals surface area contributed by atoms with Gasteiger partial charge in [0, 0.05) is 31.8 Å². The molecule has 2 aromatic rings. The number of sulfone groups is 1. The number of nitrogens with zero attached hydrogens (tertiary/aromatic N) is 3. The predicted molar refractivity (Wildman–Crippen MR) is 147 cm³/mol. The summed E-state index contributed by atoms with van der Waals surface area (Å²) in [5.41, 5.74) is 0.541. The lowest BCUT2D eigenvalue weighted by atomic mass is 10.1. The summed E-state index contributed by atoms with van der Waals surface area (Å²) in [6, 6.07) is 6.26. The molecule has 0 unspecified atom stereocenters. The van der Waals surface area contributed by atoms with E-state index in [1.165, 1.54) is 23.5 Å². The van der Waals surface area contributed by atoms with Crippen LogP contribution in [0, 0.1) is 0 Å². The minimum absolute atomic E-state index is 0.0340. The lowest BCUT2D eigenvalue weighted by molar-refractivity contribution is -0.131. The highest BCUT2D eigenvalue weighted by Gasteiger charge is 2.37. The summed E-state index contributed by atoms with van der Waals surface area (Å²) in [4.78, 5) is 37.8. The number of aromatic nitrogens is 1. The Labute approximate surface area is 232 Å². The Balaban J connectivity index is 1.23. The summed E-state index contributed by atoms with van der Waals surface area (Å²) in [5.74, 6) is -0.392. The van der Waals surface area contributed by atoms with Crippen molar-refractivity contribution in [3.63, 3.8) is 0 Å². The van der Waals surface area contributed by atoms with Crippen LogP contribution < -0.4 is 5.32 Å². The van der Waals surface area contributed by atoms with Gasteiger partial charge < -0.3 is 14.5 Å². The molecule has 0 atom stereocenters. The van der Waals surface area contributed by atoms with Crippen molar-refractivity contribution in [2.75, 3.05) is 18.4 Å². The number of thiazole rings is 1. The fourth-order valence-corrected chi connectivity index (χ4v) is 7.23. The number of hydrogen-bond donors (Lipinski definition) is 1. The van der Waals surface area contributed by atoms with Gasteiger partial charge in [-0.05, 0) is 63.5 Å². The summed E-state index contributed by atoms with van der Waals surface area (Å²) in [5, 5.41) is 7.12. The van der Waals surface area contributed by atoms with Gasteiger partial charge in [0.25, 0.3) is 5.91 Å². The van der Waals surface area contributed by atoms with Gasteiger partial charge in [0.1, 0.15) is 6.10 Å². The molecule has 2 heterocycles. The molecule has 0 radical (unpaired) electrons. The van der Waals surface area contributed by atoms with Gasteiger partial charge in [0.05, 0.1) is 27.7 Å². The van der Waals surface area contributed by atoms with Crippen LogP contribution in [0.2, 0.25) is 0 Å². The van der Waals surface area contributed by atoms with Crippen molar-refractivity contribution in [2.45, 2.75) is 87.3 Å². The molecule has 39 heavy (non-hydrogen) atoms. The molecule has 3 fully saturated rings. The number of amides is 2. The number of piperidine rings is 1. The number of oxime groups is 1. The number of hydrogen-bond acceptors (Lipinski definition) is 9. The molecule has 2 saturated carbocycles. The second-order valence-corrected chi connectivity index (χ2v) is 13.7. The van der Waals surface area contributed by atoms with E-state index in [2.05, 4.69) is 15.5 Å². The Morgan fingerprint density at radius 2 is 1.74 bits per heavy atom. The lowest BCUT2D eigenvalue weighted by Crippen LogP contribution is -2.39. The zero-order valence-corrected chi connectivity index (χ0v) is 23.6. The molecule has 1 aromatic heterocycles. The smallest absolute Gasteiger partial charge is 0.280 e. The predicted octanol–water partition coefficient (Wildman–Crippen LogP) is 3.91. The second-order valence-electron chi connectivity index (χ2n) is 10.3. The topological polar surface area (TPSA) is 127 Å². The first-order valence-corrected chi connectivity index (χ1v) is 15.9. The van der Waals surface area contributed by atoms with Gasteiger partial charge in [0.15, 0.2) is 20.7 Å². The molecule has 1 aromatic carbocycles. The minimum Gasteiger partial charge on any atom is -0.392 e. The molecule has 10 nitrogen and oxygen atoms in total. The van der Waals surface area contributed by atoms with Crippen LogP contribution in [0.25, 0.3) is 0 Å². The van der Waals surface area contributed by atoms with E-state index in [-0.39, 0.29) is 34.0 Å². The first-order chi connectivity index (χ1) is 18.8. The van der Waals surface area contributed by atoms with Crippen LogP contribution in [0.5, 0.6) is 0 Å². The number of ether oxygens (including phenoxy) is 1. The highest BCUT2D eigenvalue weighted by Crippen LogP contribution is 2.33. The summed E-state index contributed by atoms with van der Waals surface area (Å²) < 4.78 is 31.2. The Hall–Kier alpha value is -2.83. The Bertz CT molecular complexity index is 1310. The maximum atomic E-state index is 13.3. The van der Waals surface area contributed by atoms with Gasteiger partial charge in [-0.15, -0.1) is 0 Å². The molecule has 210 valence electrons. The molecule has 1 N–H and O–H groups in total. The highest BCUT2D eigenvalue weighted by molar-refractivity contribution is 7.92. The van der Waals surface area contributed by atoms with E-state index in [0.717, 1.165) is 43.4 Å². The number of rotatable bonds is 10. The molecule has 12 heteroatoms. The zero-order chi connectivity index (χ0) is 27.4. The number of likely N-dealkylation sites (tertiary alicyclic amines) is 1. The van der Waals surface area contributed by atoms with E-state index in [1.54, 1.807) is 25.3 Å². The molecule has 5 rings (SSSR count). The van der Waals surface area contributed by atoms with Crippen molar-refractivity contribution in [2.24, 2.45) is 5.16 Å². The molecular formula is C27H34N4O6S2. The normalized spacial score (nSPS) is 19.3. The van der Waals surface area contributed by atoms with Crippen molar-refractivity contribution in [1.29, 1.82) is 0 Å². The number of anilines is 1. The van der Waals surface area contributed by atoms with Gasteiger partial charge in [-0.25, -0.2) is 13.4 Å². The Morgan fingerprint density at radius 1 is 1.05 bits per heavy atom. The van der Waals surface area contributed by atoms with Gasteiger partial charge in [-0.2, -0.15) is 0 Å². The van der Waals surface area contributed by atoms with Gasteiger partial charge in [-0.1, -0.05) is 28.6 Å². The van der Waals surface area contributed by atoms with Crippen LogP contribution >= 0.6 is 11.3 Å². The standard InChI is InChI=1S/C27H34N4O6S2/c1-18(32)31-14-12-20(13-15-31)36-17-22-16-28-27(38-22)29-26(33)25(30-37-21-4-2-3-5-21)19-6-8-23(9-7-19)39(34,35)24-10-11-24/h6-9,16,20-21,24H,2-5,10-15,17H2,1H3,(H,28,29,33). The first-order valence-electron chi connectivity index (χ1n) is 13.5. The van der Waals surface area contributed by atoms with Crippen LogP contribution in [0.4, 0.5) is 5.13 Å². The zero-order valence-electron chi connectivity index (χ0n) is 22.0. The monoisotopic (exact) mass is 574 g/mol. The molecule has 2 amide bonds. The minimum atomic E-state index is -3.33. The molecule has 2 aliphatic carbocycles. The number of carbonyl (C=O) groups is 2. The molecule has 1 aliphatic heterocycles. The molecule has 1 saturated heterocycles. The SMILES string of the molecule is CC(=O)N1CCC(OCc2cnc(NC(=O)C(=NOC3CCCC3)c3ccc(S(=O)(=O)C4CC4)cc3)s2)CC1. The van der Waals surface area contributed by atoms with Gasteiger partial charge in [0.2, 0.25) is 5.91 Å². The van der Waals surface area contributed by atoms with Crippen molar-refractivity contribution >= 4 is 43.8 Å². The van der Waals surface area contributed by atoms with E-state index in [1.807, 2.05) is 4.90 Å². The van der Waals surface area contributed by atoms with E-state index in [4.69, 9.17) is 9.57 Å². The van der Waals surface area contributed by atoms with Crippen LogP contribution in [-0.2, 0) is 35.6 Å². The quantitative estimate of drug-likeness (QED) is 0.337. The van der Waals surface area contributed by atoms with Crippen LogP contribution in [0.3, 0.4) is 0 Å². The van der Waals surface area contributed by atoms with E-state index in [9.17, 15) is 18.0 Å². The Kier molecular flexibility index (Phi) is 8.63. The van der Waals surface area contributed by atoms with Gasteiger partial charge in [-0.3, -0.25) is 14.9 Å². The molecule has 3 aliphatic rings. The summed E-state index contributed by atoms with van der Waals surface area (Å²) >= 11 is 1.32. The number of benzene rings is 1. The fraction of sp³-hybridized carbons (Fsp3) is 0.556. The third-order valence-corrected chi connectivity index (χ3v) is 10.5. The largest absolute Gasteiger partial charge is 0.392 e. The maximum Gasteiger partial charge on any atom is 0.280 e. The van der Waals surface area contributed by atoms with Crippen molar-refractivity contribution < 1.29 is 27.6 Å². The average molecular weight is 575 g/mol. The maximum absolute atomic E-state index is 13.3. The summed E-state index contributed by atoms with van der Waals surface area (Å²) in [7, 11) is -3.33.